The molecule has 5 saturated heterocycles. The van der Waals surface area contributed by atoms with Crippen molar-refractivity contribution in [3.8, 4) is 0 Å². The molecule has 0 saturated carbocycles. The summed E-state index contributed by atoms with van der Waals surface area (Å²) in [5.41, 5.74) is 15.7. The van der Waals surface area contributed by atoms with Crippen LogP contribution in [0, 0.1) is 11.8 Å². The molecule has 5 aliphatic rings. The van der Waals surface area contributed by atoms with Gasteiger partial charge in [0.25, 0.3) is 0 Å². The Morgan fingerprint density at radius 2 is 0.860 bits per heavy atom. The number of nitrogens with two attached hydrogens (primary N) is 2. The number of aromatic amines is 3. The number of carboxylic acids is 1. The first kappa shape index (κ1) is 115. The van der Waals surface area contributed by atoms with Gasteiger partial charge < -0.3 is 130 Å². The number of amides is 19. The van der Waals surface area contributed by atoms with Crippen molar-refractivity contribution in [2.75, 3.05) is 87.3 Å². The number of hydrogen-bond acceptors (Lipinski definition) is 25. The van der Waals surface area contributed by atoms with E-state index in [4.69, 9.17) is 11.5 Å². The number of primary amides is 1. The molecule has 19 amide bonds. The number of aliphatic carboxylic acids is 1. The topological polar surface area (TPSA) is 654 Å². The number of H-pyrrole nitrogens is 3. The lowest BCUT2D eigenvalue weighted by molar-refractivity contribution is -0.158. The third kappa shape index (κ3) is 31.3. The molecular formula is C102H135N23O22S3. The van der Waals surface area contributed by atoms with Crippen LogP contribution in [0.1, 0.15) is 140 Å². The van der Waals surface area contributed by atoms with Crippen molar-refractivity contribution in [1.82, 2.24) is 109 Å². The lowest BCUT2D eigenvalue weighted by Crippen LogP contribution is -2.62. The van der Waals surface area contributed by atoms with E-state index in [0.29, 0.717) is 61.4 Å². The molecular weight excluding hydrogens is 2000 g/mol. The number of fused-ring (bicyclic) bond motifs is 12. The van der Waals surface area contributed by atoms with E-state index in [1.165, 1.54) is 31.4 Å². The van der Waals surface area contributed by atoms with E-state index < -0.39 is 234 Å². The van der Waals surface area contributed by atoms with Gasteiger partial charge in [0.15, 0.2) is 0 Å². The predicted octanol–water partition coefficient (Wildman–Crippen LogP) is -0.721. The minimum atomic E-state index is -1.95. The summed E-state index contributed by atoms with van der Waals surface area (Å²) in [5, 5.41) is 58.7. The highest BCUT2D eigenvalue weighted by Crippen LogP contribution is 2.30. The quantitative estimate of drug-likeness (QED) is 0.0395. The summed E-state index contributed by atoms with van der Waals surface area (Å²) in [7, 11) is 0. The fourth-order valence-corrected chi connectivity index (χ4v) is 21.6. The fraction of sp³-hybridized carbons (Fsp3) is 0.510. The van der Waals surface area contributed by atoms with Gasteiger partial charge >= 0.3 is 5.97 Å². The Morgan fingerprint density at radius 3 is 1.36 bits per heavy atom. The second kappa shape index (κ2) is 55.4. The molecule has 0 unspecified atom stereocenters. The molecule has 150 heavy (non-hydrogen) atoms. The summed E-state index contributed by atoms with van der Waals surface area (Å²) >= 11 is 3.06. The number of carbonyl (C=O) groups is 20. The minimum absolute atomic E-state index is 0.0296. The molecule has 22 N–H and O–H groups in total. The van der Waals surface area contributed by atoms with Crippen LogP contribution in [0.4, 0.5) is 0 Å². The minimum Gasteiger partial charge on any atom is -0.480 e. The maximum absolute atomic E-state index is 15.7. The zero-order valence-corrected chi connectivity index (χ0v) is 86.8. The number of nitrogens with zero attached hydrogens (tertiary/aromatic N) is 5. The summed E-state index contributed by atoms with van der Waals surface area (Å²) in [4.78, 5) is 310. The molecule has 45 nitrogen and oxygen atoms in total. The molecule has 8 heterocycles. The van der Waals surface area contributed by atoms with Crippen LogP contribution in [0.2, 0.25) is 0 Å². The Labute approximate surface area is 878 Å². The summed E-state index contributed by atoms with van der Waals surface area (Å²) < 4.78 is 0. The van der Waals surface area contributed by atoms with Crippen molar-refractivity contribution >= 4 is 186 Å². The van der Waals surface area contributed by atoms with Crippen LogP contribution < -0.4 is 80.6 Å². The second-order valence-corrected chi connectivity index (χ2v) is 41.7. The van der Waals surface area contributed by atoms with E-state index in [0.717, 1.165) is 35.3 Å². The number of unbranched alkanes of at least 4 members (excludes halogenated alkanes) is 1. The Hall–Kier alpha value is -14.1. The number of carbonyl (C=O) groups excluding carboxylic acids is 19. The molecule has 0 radical (unpaired) electrons. The second-order valence-electron chi connectivity index (χ2n) is 38.3. The van der Waals surface area contributed by atoms with Crippen LogP contribution in [0.3, 0.4) is 0 Å². The van der Waals surface area contributed by atoms with Crippen LogP contribution in [-0.4, -0.2) is 340 Å². The summed E-state index contributed by atoms with van der Waals surface area (Å²) in [6, 6.07) is 7.82. The number of para-hydroxylation sites is 3. The third-order valence-corrected chi connectivity index (χ3v) is 30.7. The van der Waals surface area contributed by atoms with Crippen molar-refractivity contribution in [3.05, 3.63) is 144 Å². The first-order valence-electron chi connectivity index (χ1n) is 50.6. The number of rotatable bonds is 21. The summed E-state index contributed by atoms with van der Waals surface area (Å²) in [6.45, 7) is 4.96. The molecule has 5 fully saturated rings. The van der Waals surface area contributed by atoms with Crippen LogP contribution in [0.15, 0.2) is 122 Å². The predicted molar refractivity (Wildman–Crippen MR) is 559 cm³/mol. The van der Waals surface area contributed by atoms with Gasteiger partial charge in [-0.1, -0.05) is 125 Å². The number of hydrogen-bond donors (Lipinski definition) is 20. The summed E-state index contributed by atoms with van der Waals surface area (Å²) in [5.74, 6) is -20.7. The number of aliphatic hydroxyl groups excluding tert-OH is 1. The maximum atomic E-state index is 15.7. The van der Waals surface area contributed by atoms with Crippen molar-refractivity contribution in [1.29, 1.82) is 0 Å². The maximum Gasteiger partial charge on any atom is 0.327 e. The Balaban J connectivity index is 0.890. The SMILES string of the molecule is CC[C@@H](C)[C@@H]1NC(=O)[C@@H]2CSCCC(=O)N3CN(CN(C3)C(=O)CCSC[C@@H](NC(C)=O)C(=O)N3CCC[C@H]3C(=O)N[C@@H](Cc3ccccc3)C(=O)NCC(=O)N2)C(=O)CCSC[C@@H](C(=O)O)NC(=O)[C@H](Cc2c[nH]c3ccccc23)NC(=O)[C@H]([C@@H](C)CC)NC(=O)[C@@H]2CCCN2C(=O)[C@H](Cc2c[nH]c3ccccc23)NC(=O)[C@H](CO)NC(=O)[C@H](Cc2c[nH]c3ccccc23)NC(=O)[C@H](CC(N)=O)NC(=O)[C@H](CCCCN)NC1=O. The van der Waals surface area contributed by atoms with E-state index in [1.54, 1.807) is 149 Å². The van der Waals surface area contributed by atoms with Crippen molar-refractivity contribution in [2.45, 2.75) is 228 Å². The van der Waals surface area contributed by atoms with Gasteiger partial charge in [0.05, 0.1) is 39.6 Å². The van der Waals surface area contributed by atoms with Gasteiger partial charge in [0.1, 0.15) is 84.6 Å². The smallest absolute Gasteiger partial charge is 0.327 e. The van der Waals surface area contributed by atoms with Gasteiger partial charge in [-0.2, -0.15) is 35.3 Å². The number of aromatic nitrogens is 3. The number of carboxylic acid groups (broad SMARTS) is 1. The molecule has 12 rings (SSSR count). The standard InChI is InChI=1S/C102H135N23O22S3/c1-6-57(3)87-98(142)111-70(29-17-18-35-103)90(134)113-74(45-82(104)128)93(137)112-72(42-61-46-105-67-26-14-11-23-64(61)67)91(135)117-76(50-126)94(138)116-75(44-63-48-107-69-28-16-13-25-66(63)69)100(144)124-36-20-31-81(124)97(141)120-88(58(4)7-2)99(143)115-73(43-62-47-106-68-27-15-12-24-65(62)68)92(136)118-79(102(146)147)53-150-40-34-86(132)123-55-121-54-122(56-123)85(131)33-39-149-52-78(109-59(5)127)101(145)125-37-19-30-80(125)96(140)114-71(41-60-21-9-8-10-22-60)89(133)108-49-83(129)110-77(95(139)119-87)51-148-38-32-84(121)130/h8-16,21-28,46-48,57-58,70-81,87-88,105-107,126H,6-7,17-20,29-45,49-56,103H2,1-5H3,(H2,104,128)(H,108,133)(H,109,127)(H,110,129)(H,111,142)(H,112,137)(H,113,134)(H,114,140)(H,115,143)(H,116,138)(H,117,135)(H,118,136)(H,119,139)(H,120,141)(H,146,147)/t57-,58+,70+,71+,72+,73+,74+,75+,76+,77+,78-,79+,80+,81+,87+,88+/m1/s1. The first-order valence-corrected chi connectivity index (χ1v) is 54.0. The Kier molecular flexibility index (Phi) is 42.3. The lowest BCUT2D eigenvalue weighted by atomic mass is 9.96. The highest BCUT2D eigenvalue weighted by Gasteiger charge is 2.46. The molecule has 16 atom stereocenters. The molecule has 4 aromatic carbocycles. The van der Waals surface area contributed by atoms with Crippen molar-refractivity contribution in [3.63, 3.8) is 0 Å². The van der Waals surface area contributed by atoms with Gasteiger partial charge in [-0.05, 0) is 104 Å². The van der Waals surface area contributed by atoms with Crippen molar-refractivity contribution < 1.29 is 106 Å². The van der Waals surface area contributed by atoms with Gasteiger partial charge in [-0.15, -0.1) is 0 Å². The highest BCUT2D eigenvalue weighted by atomic mass is 32.2. The number of aliphatic hydroxyl groups is 1. The number of thioether (sulfide) groups is 3. The highest BCUT2D eigenvalue weighted by molar-refractivity contribution is 7.99. The molecule has 4 bridgehead atoms. The van der Waals surface area contributed by atoms with Gasteiger partial charge in [0, 0.05) is 151 Å². The van der Waals surface area contributed by atoms with Crippen LogP contribution in [-0.2, 0) is 122 Å². The first-order chi connectivity index (χ1) is 72.0. The molecule has 7 aromatic rings. The zero-order valence-electron chi connectivity index (χ0n) is 84.4. The molecule has 3 aromatic heterocycles. The third-order valence-electron chi connectivity index (χ3n) is 27.5. The van der Waals surface area contributed by atoms with E-state index in [2.05, 4.69) is 84.1 Å². The number of nitrogens with one attached hydrogen (secondary N) is 16. The average molecular weight is 2130 g/mol. The largest absolute Gasteiger partial charge is 0.480 e. The van der Waals surface area contributed by atoms with E-state index in [1.807, 2.05) is 0 Å². The fourth-order valence-electron chi connectivity index (χ4n) is 18.8. The average Bonchev–Trinajstić information content (AvgIpc) is 1.66. The van der Waals surface area contributed by atoms with Crippen LogP contribution >= 0.6 is 35.3 Å². The van der Waals surface area contributed by atoms with E-state index in [9.17, 15) is 58.2 Å². The van der Waals surface area contributed by atoms with Crippen LogP contribution in [0.5, 0.6) is 0 Å². The molecule has 0 aliphatic carbocycles. The molecule has 808 valence electrons. The molecule has 48 heteroatoms. The zero-order chi connectivity index (χ0) is 108. The molecule has 0 spiro atoms. The monoisotopic (exact) mass is 2130 g/mol. The Bertz CT molecular complexity index is 6050. The van der Waals surface area contributed by atoms with E-state index >= 15 is 47.9 Å². The molecule has 5 aliphatic heterocycles. The van der Waals surface area contributed by atoms with Gasteiger partial charge in [-0.25, -0.2) is 4.79 Å². The number of benzene rings is 4. The Morgan fingerprint density at radius 1 is 0.447 bits per heavy atom. The van der Waals surface area contributed by atoms with Gasteiger partial charge in [0.2, 0.25) is 112 Å². The van der Waals surface area contributed by atoms with Gasteiger partial charge in [-0.3, -0.25) is 91.1 Å². The normalized spacial score (nSPS) is 25.1. The van der Waals surface area contributed by atoms with Crippen LogP contribution in [0.25, 0.3) is 32.7 Å². The van der Waals surface area contributed by atoms with Crippen molar-refractivity contribution in [2.24, 2.45) is 23.3 Å². The lowest BCUT2D eigenvalue weighted by Gasteiger charge is -2.42. The summed E-state index contributed by atoms with van der Waals surface area (Å²) in [6.07, 6.45) is 3.35. The van der Waals surface area contributed by atoms with E-state index in [-0.39, 0.29) is 170 Å².